The number of likely N-dealkylation sites (tertiary alicyclic amines) is 1. The van der Waals surface area contributed by atoms with Crippen molar-refractivity contribution in [1.82, 2.24) is 14.7 Å². The molecule has 106 valence electrons. The highest BCUT2D eigenvalue weighted by atomic mass is 15.2. The van der Waals surface area contributed by atoms with Crippen molar-refractivity contribution < 1.29 is 0 Å². The molecule has 0 aliphatic carbocycles. The summed E-state index contributed by atoms with van der Waals surface area (Å²) in [5, 5.41) is 0. The van der Waals surface area contributed by atoms with Crippen LogP contribution in [-0.2, 0) is 0 Å². The molecule has 2 aliphatic heterocycles. The van der Waals surface area contributed by atoms with E-state index in [9.17, 15) is 0 Å². The van der Waals surface area contributed by atoms with Gasteiger partial charge in [-0.2, -0.15) is 0 Å². The van der Waals surface area contributed by atoms with E-state index < -0.39 is 0 Å². The molecule has 2 aliphatic rings. The smallest absolute Gasteiger partial charge is 0.0110 e. The molecule has 1 atom stereocenters. The van der Waals surface area contributed by atoms with Crippen LogP contribution in [0.3, 0.4) is 0 Å². The van der Waals surface area contributed by atoms with E-state index in [1.165, 1.54) is 78.0 Å². The van der Waals surface area contributed by atoms with Gasteiger partial charge in [-0.15, -0.1) is 0 Å². The van der Waals surface area contributed by atoms with Gasteiger partial charge in [0.2, 0.25) is 0 Å². The number of hydrogen-bond donors (Lipinski definition) is 0. The lowest BCUT2D eigenvalue weighted by Gasteiger charge is -2.34. The largest absolute Gasteiger partial charge is 0.304 e. The molecule has 0 aromatic rings. The van der Waals surface area contributed by atoms with Gasteiger partial charge in [0.25, 0.3) is 0 Å². The summed E-state index contributed by atoms with van der Waals surface area (Å²) in [5.74, 6) is 0.864. The summed E-state index contributed by atoms with van der Waals surface area (Å²) in [7, 11) is 2.23. The zero-order valence-electron chi connectivity index (χ0n) is 12.4. The summed E-state index contributed by atoms with van der Waals surface area (Å²) < 4.78 is 0. The third kappa shape index (κ3) is 4.87. The highest BCUT2D eigenvalue weighted by Gasteiger charge is 2.16. The second kappa shape index (κ2) is 7.46. The van der Waals surface area contributed by atoms with Gasteiger partial charge < -0.3 is 14.7 Å². The summed E-state index contributed by atoms with van der Waals surface area (Å²) in [6, 6.07) is 0. The van der Waals surface area contributed by atoms with Crippen molar-refractivity contribution in [2.45, 2.75) is 32.6 Å². The molecule has 0 radical (unpaired) electrons. The van der Waals surface area contributed by atoms with Crippen molar-refractivity contribution in [3.8, 4) is 0 Å². The quantitative estimate of drug-likeness (QED) is 0.739. The first-order chi connectivity index (χ1) is 8.74. The molecule has 2 fully saturated rings. The van der Waals surface area contributed by atoms with Crippen molar-refractivity contribution in [2.75, 3.05) is 59.4 Å². The van der Waals surface area contributed by atoms with Crippen LogP contribution < -0.4 is 0 Å². The lowest BCUT2D eigenvalue weighted by molar-refractivity contribution is 0.138. The average Bonchev–Trinajstić information content (AvgIpc) is 2.39. The summed E-state index contributed by atoms with van der Waals surface area (Å²) in [6.45, 7) is 12.8. The molecule has 18 heavy (non-hydrogen) atoms. The normalized spacial score (nSPS) is 26.3. The highest BCUT2D eigenvalue weighted by Crippen LogP contribution is 2.13. The predicted molar refractivity (Wildman–Crippen MR) is 78.0 cm³/mol. The Morgan fingerprint density at radius 1 is 0.833 bits per heavy atom. The van der Waals surface area contributed by atoms with Crippen LogP contribution in [0.25, 0.3) is 0 Å². The van der Waals surface area contributed by atoms with E-state index >= 15 is 0 Å². The first kappa shape index (κ1) is 14.3. The van der Waals surface area contributed by atoms with E-state index in [2.05, 4.69) is 28.7 Å². The number of rotatable bonds is 5. The van der Waals surface area contributed by atoms with Crippen LogP contribution in [0, 0.1) is 5.92 Å². The Hall–Kier alpha value is -0.120. The van der Waals surface area contributed by atoms with Crippen molar-refractivity contribution in [2.24, 2.45) is 5.92 Å². The number of hydrogen-bond acceptors (Lipinski definition) is 3. The molecule has 0 aromatic carbocycles. The lowest BCUT2D eigenvalue weighted by atomic mass is 10.0. The molecule has 0 bridgehead atoms. The van der Waals surface area contributed by atoms with E-state index in [0.717, 1.165) is 5.92 Å². The maximum absolute atomic E-state index is 2.68. The molecule has 3 heteroatoms. The van der Waals surface area contributed by atoms with Crippen LogP contribution in [0.4, 0.5) is 0 Å². The molecular formula is C15H31N3. The maximum Gasteiger partial charge on any atom is 0.0110 e. The van der Waals surface area contributed by atoms with Gasteiger partial charge in [0.15, 0.2) is 0 Å². The Bertz CT molecular complexity index is 218. The van der Waals surface area contributed by atoms with Gasteiger partial charge in [0.05, 0.1) is 0 Å². The first-order valence-electron chi connectivity index (χ1n) is 7.87. The zero-order chi connectivity index (χ0) is 12.8. The van der Waals surface area contributed by atoms with Crippen molar-refractivity contribution in [3.05, 3.63) is 0 Å². The molecule has 0 spiro atoms. The Balaban J connectivity index is 1.57. The van der Waals surface area contributed by atoms with E-state index in [-0.39, 0.29) is 0 Å². The van der Waals surface area contributed by atoms with E-state index in [1.807, 2.05) is 0 Å². The van der Waals surface area contributed by atoms with Gasteiger partial charge in [0.1, 0.15) is 0 Å². The summed E-state index contributed by atoms with van der Waals surface area (Å²) in [6.07, 6.45) is 5.67. The summed E-state index contributed by atoms with van der Waals surface area (Å²) in [4.78, 5) is 7.76. The van der Waals surface area contributed by atoms with Gasteiger partial charge in [-0.25, -0.2) is 0 Å². The minimum Gasteiger partial charge on any atom is -0.304 e. The zero-order valence-corrected chi connectivity index (χ0v) is 12.4. The van der Waals surface area contributed by atoms with E-state index in [0.29, 0.717) is 0 Å². The second-order valence-corrected chi connectivity index (χ2v) is 6.40. The average molecular weight is 253 g/mol. The Labute approximate surface area is 113 Å². The minimum atomic E-state index is 0.864. The van der Waals surface area contributed by atoms with Gasteiger partial charge in [-0.3, -0.25) is 0 Å². The molecule has 3 nitrogen and oxygen atoms in total. The van der Waals surface area contributed by atoms with Crippen molar-refractivity contribution in [3.63, 3.8) is 0 Å². The molecule has 0 aromatic heterocycles. The monoisotopic (exact) mass is 253 g/mol. The molecule has 2 saturated heterocycles. The molecule has 2 heterocycles. The van der Waals surface area contributed by atoms with E-state index in [1.54, 1.807) is 0 Å². The van der Waals surface area contributed by atoms with Crippen LogP contribution in [0.1, 0.15) is 32.6 Å². The lowest BCUT2D eigenvalue weighted by Crippen LogP contribution is -2.45. The van der Waals surface area contributed by atoms with Crippen LogP contribution in [-0.4, -0.2) is 74.1 Å². The minimum absolute atomic E-state index is 0.864. The third-order valence-electron chi connectivity index (χ3n) is 4.55. The Kier molecular flexibility index (Phi) is 5.93. The Morgan fingerprint density at radius 3 is 2.17 bits per heavy atom. The van der Waals surface area contributed by atoms with Crippen molar-refractivity contribution >= 4 is 0 Å². The molecule has 2 rings (SSSR count). The van der Waals surface area contributed by atoms with Gasteiger partial charge in [0, 0.05) is 32.7 Å². The van der Waals surface area contributed by atoms with Crippen molar-refractivity contribution in [1.29, 1.82) is 0 Å². The highest BCUT2D eigenvalue weighted by molar-refractivity contribution is 4.72. The van der Waals surface area contributed by atoms with Crippen LogP contribution in [0.15, 0.2) is 0 Å². The molecule has 0 N–H and O–H groups in total. The van der Waals surface area contributed by atoms with Gasteiger partial charge in [-0.05, 0) is 51.9 Å². The summed E-state index contributed by atoms with van der Waals surface area (Å²) >= 11 is 0. The van der Waals surface area contributed by atoms with Gasteiger partial charge in [-0.1, -0.05) is 13.3 Å². The fourth-order valence-electron chi connectivity index (χ4n) is 3.15. The number of nitrogens with zero attached hydrogens (tertiary/aromatic N) is 3. The number of likely N-dealkylation sites (N-methyl/N-ethyl adjacent to an activating group) is 1. The second-order valence-electron chi connectivity index (χ2n) is 6.40. The first-order valence-corrected chi connectivity index (χ1v) is 7.87. The fourth-order valence-corrected chi connectivity index (χ4v) is 3.15. The molecular weight excluding hydrogens is 222 g/mol. The van der Waals surface area contributed by atoms with Crippen LogP contribution in [0.5, 0.6) is 0 Å². The number of piperidine rings is 1. The SMILES string of the molecule is CC(CCN1CCN(C)CC1)CN1CCCCC1. The van der Waals surface area contributed by atoms with Gasteiger partial charge >= 0.3 is 0 Å². The standard InChI is InChI=1S/C15H31N3/c1-15(14-18-7-4-3-5-8-18)6-9-17-12-10-16(2)11-13-17/h15H,3-14H2,1-2H3. The maximum atomic E-state index is 2.68. The third-order valence-corrected chi connectivity index (χ3v) is 4.55. The Morgan fingerprint density at radius 2 is 1.50 bits per heavy atom. The molecule has 1 unspecified atom stereocenters. The van der Waals surface area contributed by atoms with Crippen LogP contribution >= 0.6 is 0 Å². The molecule has 0 saturated carbocycles. The topological polar surface area (TPSA) is 9.72 Å². The van der Waals surface area contributed by atoms with E-state index in [4.69, 9.17) is 0 Å². The number of piperazine rings is 1. The fraction of sp³-hybridized carbons (Fsp3) is 1.00. The summed E-state index contributed by atoms with van der Waals surface area (Å²) in [5.41, 5.74) is 0. The van der Waals surface area contributed by atoms with Crippen LogP contribution in [0.2, 0.25) is 0 Å². The predicted octanol–water partition coefficient (Wildman–Crippen LogP) is 1.75. The molecule has 0 amide bonds.